The summed E-state index contributed by atoms with van der Waals surface area (Å²) in [6.45, 7) is -2.37. The van der Waals surface area contributed by atoms with E-state index in [1.807, 2.05) is 0 Å². The molecule has 0 aromatic heterocycles. The third-order valence-corrected chi connectivity index (χ3v) is 1.06. The Morgan fingerprint density at radius 1 is 0.800 bits per heavy atom. The SMILES string of the molecule is O=C([O-])CN(CC(=O)[O-])CC(=O)[O-].[K+].[Mg+2]. The molecule has 0 radical (unpaired) electrons. The molecular weight excluding hydrogens is 245 g/mol. The molecule has 7 nitrogen and oxygen atoms in total. The summed E-state index contributed by atoms with van der Waals surface area (Å²) in [4.78, 5) is 30.6. The Morgan fingerprint density at radius 2 is 1.00 bits per heavy atom. The first-order valence-electron chi connectivity index (χ1n) is 3.23. The van der Waals surface area contributed by atoms with E-state index in [2.05, 4.69) is 0 Å². The van der Waals surface area contributed by atoms with Crippen molar-refractivity contribution in [3.8, 4) is 0 Å². The molecule has 0 aliphatic heterocycles. The van der Waals surface area contributed by atoms with Crippen LogP contribution in [0.2, 0.25) is 0 Å². The van der Waals surface area contributed by atoms with E-state index in [4.69, 9.17) is 0 Å². The summed E-state index contributed by atoms with van der Waals surface area (Å²) in [6.07, 6.45) is 0. The van der Waals surface area contributed by atoms with Gasteiger partial charge in [-0.3, -0.25) is 4.90 Å². The van der Waals surface area contributed by atoms with Crippen LogP contribution in [0.4, 0.5) is 0 Å². The molecule has 0 aromatic carbocycles. The summed E-state index contributed by atoms with van der Waals surface area (Å²) in [5.41, 5.74) is 0. The molecule has 0 amide bonds. The van der Waals surface area contributed by atoms with Crippen LogP contribution in [0.3, 0.4) is 0 Å². The first kappa shape index (κ1) is 21.1. The van der Waals surface area contributed by atoms with E-state index < -0.39 is 37.5 Å². The topological polar surface area (TPSA) is 124 Å². The minimum absolute atomic E-state index is 0. The maximum absolute atomic E-state index is 9.99. The molecule has 0 fully saturated rings. The van der Waals surface area contributed by atoms with Crippen molar-refractivity contribution in [1.29, 1.82) is 0 Å². The average Bonchev–Trinajstić information content (AvgIpc) is 1.80. The van der Waals surface area contributed by atoms with Gasteiger partial charge in [-0.15, -0.1) is 0 Å². The Kier molecular flexibility index (Phi) is 15.8. The van der Waals surface area contributed by atoms with E-state index in [1.165, 1.54) is 0 Å². The fourth-order valence-electron chi connectivity index (χ4n) is 0.715. The molecule has 0 aliphatic rings. The first-order chi connectivity index (χ1) is 5.91. The number of hydrogen-bond donors (Lipinski definition) is 0. The second kappa shape index (κ2) is 11.3. The van der Waals surface area contributed by atoms with Gasteiger partial charge in [0, 0.05) is 19.6 Å². The smallest absolute Gasteiger partial charge is 0.549 e. The fourth-order valence-corrected chi connectivity index (χ4v) is 0.715. The van der Waals surface area contributed by atoms with Crippen LogP contribution in [0.25, 0.3) is 0 Å². The molecule has 0 rings (SSSR count). The normalized spacial score (nSPS) is 8.60. The van der Waals surface area contributed by atoms with Crippen molar-refractivity contribution in [1.82, 2.24) is 4.90 Å². The zero-order valence-electron chi connectivity index (χ0n) is 8.23. The van der Waals surface area contributed by atoms with E-state index in [0.29, 0.717) is 4.90 Å². The Labute approximate surface area is 144 Å². The molecule has 0 atom stereocenters. The Hall–Kier alpha value is 0.773. The van der Waals surface area contributed by atoms with Gasteiger partial charge in [0.1, 0.15) is 0 Å². The number of carboxylic acids is 3. The van der Waals surface area contributed by atoms with Crippen LogP contribution in [-0.4, -0.2) is 65.5 Å². The van der Waals surface area contributed by atoms with Crippen LogP contribution < -0.4 is 66.7 Å². The minimum Gasteiger partial charge on any atom is -0.549 e. The van der Waals surface area contributed by atoms with Crippen molar-refractivity contribution in [3.63, 3.8) is 0 Å². The Morgan fingerprint density at radius 3 is 1.13 bits per heavy atom. The summed E-state index contributed by atoms with van der Waals surface area (Å²) in [6, 6.07) is 0. The van der Waals surface area contributed by atoms with Gasteiger partial charge in [-0.2, -0.15) is 0 Å². The zero-order valence-corrected chi connectivity index (χ0v) is 12.8. The van der Waals surface area contributed by atoms with E-state index in [0.717, 1.165) is 0 Å². The van der Waals surface area contributed by atoms with Gasteiger partial charge in [-0.1, -0.05) is 0 Å². The van der Waals surface area contributed by atoms with Crippen LogP contribution in [0, 0.1) is 0 Å². The number of nitrogens with zero attached hydrogens (tertiary/aromatic N) is 1. The predicted octanol–water partition coefficient (Wildman–Crippen LogP) is -8.84. The summed E-state index contributed by atoms with van der Waals surface area (Å²) in [7, 11) is 0. The van der Waals surface area contributed by atoms with Gasteiger partial charge in [-0.05, 0) is 0 Å². The number of carbonyl (C=O) groups is 3. The average molecular weight is 252 g/mol. The summed E-state index contributed by atoms with van der Waals surface area (Å²) >= 11 is 0. The number of aliphatic carboxylic acids is 3. The molecule has 0 saturated heterocycles. The van der Waals surface area contributed by atoms with Gasteiger partial charge >= 0.3 is 74.4 Å². The third kappa shape index (κ3) is 14.8. The van der Waals surface area contributed by atoms with Crippen LogP contribution >= 0.6 is 0 Å². The van der Waals surface area contributed by atoms with E-state index in [-0.39, 0.29) is 74.4 Å². The van der Waals surface area contributed by atoms with Crippen molar-refractivity contribution >= 4 is 41.0 Å². The fraction of sp³-hybridized carbons (Fsp3) is 0.500. The van der Waals surface area contributed by atoms with Crippen LogP contribution in [0.15, 0.2) is 0 Å². The molecule has 0 N–H and O–H groups in total. The molecule has 0 unspecified atom stereocenters. The maximum Gasteiger partial charge on any atom is 2.00 e. The van der Waals surface area contributed by atoms with E-state index in [1.54, 1.807) is 0 Å². The van der Waals surface area contributed by atoms with Crippen molar-refractivity contribution in [3.05, 3.63) is 0 Å². The minimum atomic E-state index is -1.57. The van der Waals surface area contributed by atoms with Gasteiger partial charge in [0.15, 0.2) is 0 Å². The number of hydrogen-bond acceptors (Lipinski definition) is 7. The van der Waals surface area contributed by atoms with E-state index in [9.17, 15) is 29.7 Å². The largest absolute Gasteiger partial charge is 2.00 e. The first-order valence-corrected chi connectivity index (χ1v) is 3.23. The maximum atomic E-state index is 9.99. The van der Waals surface area contributed by atoms with Crippen LogP contribution in [-0.2, 0) is 14.4 Å². The quantitative estimate of drug-likeness (QED) is 0.429. The molecule has 0 bridgehead atoms. The van der Waals surface area contributed by atoms with Crippen molar-refractivity contribution in [2.45, 2.75) is 0 Å². The van der Waals surface area contributed by atoms with Gasteiger partial charge < -0.3 is 29.7 Å². The van der Waals surface area contributed by atoms with Crippen LogP contribution in [0.1, 0.15) is 0 Å². The molecule has 0 heterocycles. The summed E-state index contributed by atoms with van der Waals surface area (Å²) in [5, 5.41) is 30.0. The standard InChI is InChI=1S/C6H9NO6.K.Mg/c8-4(9)1-7(2-5(10)11)3-6(12)13;;/h1-3H2,(H,8,9)(H,10,11)(H,12,13);;/q;+1;+2/p-3. The molecule has 9 heteroatoms. The molecule has 0 saturated carbocycles. The second-order valence-electron chi connectivity index (χ2n) is 2.26. The Balaban J connectivity index is -0.000000720. The molecule has 0 aliphatic carbocycles. The predicted molar refractivity (Wildman–Crippen MR) is 37.2 cm³/mol. The van der Waals surface area contributed by atoms with Gasteiger partial charge in [-0.25, -0.2) is 0 Å². The van der Waals surface area contributed by atoms with Gasteiger partial charge in [0.05, 0.1) is 17.9 Å². The van der Waals surface area contributed by atoms with Gasteiger partial charge in [0.2, 0.25) is 0 Å². The number of carboxylic acid groups (broad SMARTS) is 3. The monoisotopic (exact) mass is 251 g/mol. The summed E-state index contributed by atoms with van der Waals surface area (Å²) in [5.74, 6) is -4.70. The zero-order chi connectivity index (χ0) is 10.4. The van der Waals surface area contributed by atoms with E-state index >= 15 is 0 Å². The summed E-state index contributed by atoms with van der Waals surface area (Å²) < 4.78 is 0. The molecule has 74 valence electrons. The molecule has 0 spiro atoms. The Bertz CT molecular complexity index is 198. The number of rotatable bonds is 6. The number of carbonyl (C=O) groups excluding carboxylic acids is 3. The van der Waals surface area contributed by atoms with Crippen molar-refractivity contribution in [2.75, 3.05) is 19.6 Å². The third-order valence-electron chi connectivity index (χ3n) is 1.06. The van der Waals surface area contributed by atoms with Gasteiger partial charge in [0.25, 0.3) is 0 Å². The molecule has 15 heavy (non-hydrogen) atoms. The van der Waals surface area contributed by atoms with Crippen molar-refractivity contribution < 1.29 is 81.1 Å². The second-order valence-corrected chi connectivity index (χ2v) is 2.26. The van der Waals surface area contributed by atoms with Crippen LogP contribution in [0.5, 0.6) is 0 Å². The molecule has 0 aromatic rings. The molecular formula is C6H6KMgNO6. The van der Waals surface area contributed by atoms with Crippen molar-refractivity contribution in [2.24, 2.45) is 0 Å².